The second kappa shape index (κ2) is 14.3. The Labute approximate surface area is 229 Å². The second-order valence-electron chi connectivity index (χ2n) is 9.32. The predicted octanol–water partition coefficient (Wildman–Crippen LogP) is 2.52. The van der Waals surface area contributed by atoms with Gasteiger partial charge in [-0.05, 0) is 38.3 Å². The molecule has 4 heterocycles. The number of nitrogens with zero attached hydrogens (tertiary/aromatic N) is 5. The summed E-state index contributed by atoms with van der Waals surface area (Å²) in [5.74, 6) is -3.36. The highest BCUT2D eigenvalue weighted by molar-refractivity contribution is 5.78. The molecule has 0 unspecified atom stereocenters. The van der Waals surface area contributed by atoms with Gasteiger partial charge in [-0.2, -0.15) is 26.3 Å². The highest BCUT2D eigenvalue weighted by Crippen LogP contribution is 2.24. The standard InChI is InChI=1S/C19H28N6O2.2C2HF3O2/c1-14-9-18(27-15(14)2)12-23-6-3-17(4-7-23)25-11-16(21-22-25)10-24-8-5-20-19(26)13-24;2*3-2(4,5)1(6)7/h9,11,17H,3-8,10,12-13H2,1-2H3,(H,20,26);2*(H,6,7). The Morgan fingerprint density at radius 2 is 1.56 bits per heavy atom. The number of nitrogens with one attached hydrogen (secondary N) is 1. The molecule has 2 aromatic heterocycles. The molecule has 0 aliphatic carbocycles. The van der Waals surface area contributed by atoms with Gasteiger partial charge >= 0.3 is 24.3 Å². The number of likely N-dealkylation sites (tertiary alicyclic amines) is 1. The van der Waals surface area contributed by atoms with E-state index in [9.17, 15) is 31.1 Å². The quantitative estimate of drug-likeness (QED) is 0.437. The summed E-state index contributed by atoms with van der Waals surface area (Å²) in [4.78, 5) is 33.8. The van der Waals surface area contributed by atoms with Gasteiger partial charge in [-0.1, -0.05) is 5.21 Å². The van der Waals surface area contributed by atoms with Gasteiger partial charge in [0.05, 0.1) is 31.0 Å². The average molecular weight is 601 g/mol. The maximum Gasteiger partial charge on any atom is 0.490 e. The number of rotatable bonds is 5. The number of aliphatic carboxylic acids is 2. The van der Waals surface area contributed by atoms with Gasteiger partial charge in [0.2, 0.25) is 5.91 Å². The van der Waals surface area contributed by atoms with Gasteiger partial charge in [-0.3, -0.25) is 14.6 Å². The fourth-order valence-electron chi connectivity index (χ4n) is 3.91. The summed E-state index contributed by atoms with van der Waals surface area (Å²) >= 11 is 0. The lowest BCUT2D eigenvalue weighted by atomic mass is 10.1. The number of alkyl halides is 6. The van der Waals surface area contributed by atoms with E-state index < -0.39 is 24.3 Å². The zero-order valence-electron chi connectivity index (χ0n) is 22.1. The van der Waals surface area contributed by atoms with E-state index in [1.165, 1.54) is 5.56 Å². The highest BCUT2D eigenvalue weighted by atomic mass is 19.4. The SMILES string of the molecule is Cc1cc(CN2CCC(n3cc(CN4CCNC(=O)C4)nn3)CC2)oc1C.O=C(O)C(F)(F)F.O=C(O)C(F)(F)F. The first-order chi connectivity index (χ1) is 19.0. The van der Waals surface area contributed by atoms with E-state index >= 15 is 0 Å². The molecule has 230 valence electrons. The number of aryl methyl sites for hydroxylation is 2. The van der Waals surface area contributed by atoms with Crippen molar-refractivity contribution in [1.82, 2.24) is 30.1 Å². The molecule has 2 aliphatic heterocycles. The van der Waals surface area contributed by atoms with E-state index in [0.717, 1.165) is 56.2 Å². The third-order valence-electron chi connectivity index (χ3n) is 6.07. The van der Waals surface area contributed by atoms with Crippen LogP contribution in [0.2, 0.25) is 0 Å². The highest BCUT2D eigenvalue weighted by Gasteiger charge is 2.38. The molecule has 18 heteroatoms. The van der Waals surface area contributed by atoms with Crippen LogP contribution in [0.3, 0.4) is 0 Å². The first kappa shape index (κ1) is 33.5. The van der Waals surface area contributed by atoms with E-state index in [0.29, 0.717) is 25.7 Å². The molecule has 0 saturated carbocycles. The molecule has 2 saturated heterocycles. The summed E-state index contributed by atoms with van der Waals surface area (Å²) in [7, 11) is 0. The number of carboxylic acid groups (broad SMARTS) is 2. The van der Waals surface area contributed by atoms with Crippen molar-refractivity contribution in [2.75, 3.05) is 32.7 Å². The van der Waals surface area contributed by atoms with Crippen LogP contribution in [0.15, 0.2) is 16.7 Å². The minimum absolute atomic E-state index is 0.0861. The van der Waals surface area contributed by atoms with Crippen molar-refractivity contribution in [1.29, 1.82) is 0 Å². The molecule has 2 aliphatic rings. The lowest BCUT2D eigenvalue weighted by molar-refractivity contribution is -0.193. The normalized spacial score (nSPS) is 17.1. The van der Waals surface area contributed by atoms with Crippen LogP contribution in [0.4, 0.5) is 26.3 Å². The molecule has 12 nitrogen and oxygen atoms in total. The van der Waals surface area contributed by atoms with Crippen LogP contribution in [0.1, 0.15) is 41.7 Å². The summed E-state index contributed by atoms with van der Waals surface area (Å²) in [6.07, 6.45) is -5.99. The van der Waals surface area contributed by atoms with Crippen LogP contribution in [0, 0.1) is 13.8 Å². The van der Waals surface area contributed by atoms with Gasteiger partial charge in [-0.25, -0.2) is 14.3 Å². The smallest absolute Gasteiger partial charge is 0.475 e. The number of carbonyl (C=O) groups excluding carboxylic acids is 1. The minimum atomic E-state index is -5.08. The van der Waals surface area contributed by atoms with Crippen LogP contribution in [-0.2, 0) is 27.5 Å². The minimum Gasteiger partial charge on any atom is -0.475 e. The Hall–Kier alpha value is -3.67. The van der Waals surface area contributed by atoms with Crippen molar-refractivity contribution in [3.05, 3.63) is 35.0 Å². The lowest BCUT2D eigenvalue weighted by Gasteiger charge is -2.31. The van der Waals surface area contributed by atoms with E-state index in [2.05, 4.69) is 38.4 Å². The molecule has 0 bridgehead atoms. The monoisotopic (exact) mass is 600 g/mol. The molecule has 3 N–H and O–H groups in total. The van der Waals surface area contributed by atoms with Gasteiger partial charge in [0.1, 0.15) is 11.5 Å². The second-order valence-corrected chi connectivity index (χ2v) is 9.32. The molecule has 4 rings (SSSR count). The number of carbonyl (C=O) groups is 3. The Morgan fingerprint density at radius 3 is 2.02 bits per heavy atom. The van der Waals surface area contributed by atoms with Crippen molar-refractivity contribution < 1.29 is 55.4 Å². The zero-order valence-corrected chi connectivity index (χ0v) is 22.1. The van der Waals surface area contributed by atoms with Gasteiger partial charge in [0.15, 0.2) is 0 Å². The first-order valence-electron chi connectivity index (χ1n) is 12.2. The van der Waals surface area contributed by atoms with Crippen molar-refractivity contribution in [2.45, 2.75) is 58.2 Å². The van der Waals surface area contributed by atoms with Crippen LogP contribution in [0.5, 0.6) is 0 Å². The number of piperazine rings is 1. The molecule has 41 heavy (non-hydrogen) atoms. The van der Waals surface area contributed by atoms with Gasteiger partial charge in [0.25, 0.3) is 0 Å². The van der Waals surface area contributed by atoms with Gasteiger partial charge < -0.3 is 19.9 Å². The van der Waals surface area contributed by atoms with Crippen molar-refractivity contribution >= 4 is 17.8 Å². The molecular weight excluding hydrogens is 570 g/mol. The third kappa shape index (κ3) is 11.4. The van der Waals surface area contributed by atoms with E-state index in [-0.39, 0.29) is 5.91 Å². The van der Waals surface area contributed by atoms with E-state index in [1.54, 1.807) is 0 Å². The predicted molar refractivity (Wildman–Crippen MR) is 127 cm³/mol. The molecule has 0 spiro atoms. The number of furan rings is 1. The Balaban J connectivity index is 0.000000349. The van der Waals surface area contributed by atoms with Crippen LogP contribution in [-0.4, -0.2) is 97.9 Å². The summed E-state index contributed by atoms with van der Waals surface area (Å²) in [6, 6.07) is 2.54. The topological polar surface area (TPSA) is 154 Å². The van der Waals surface area contributed by atoms with Crippen molar-refractivity contribution in [3.8, 4) is 0 Å². The van der Waals surface area contributed by atoms with Crippen LogP contribution in [0.25, 0.3) is 0 Å². The number of hydrogen-bond donors (Lipinski definition) is 3. The largest absolute Gasteiger partial charge is 0.490 e. The van der Waals surface area contributed by atoms with Crippen LogP contribution < -0.4 is 5.32 Å². The molecule has 2 aromatic rings. The van der Waals surface area contributed by atoms with Crippen molar-refractivity contribution in [3.63, 3.8) is 0 Å². The van der Waals surface area contributed by atoms with E-state index in [1.807, 2.05) is 17.8 Å². The van der Waals surface area contributed by atoms with Crippen molar-refractivity contribution in [2.24, 2.45) is 0 Å². The Morgan fingerprint density at radius 1 is 1.00 bits per heavy atom. The lowest BCUT2D eigenvalue weighted by Crippen LogP contribution is -2.47. The molecule has 2 fully saturated rings. The summed E-state index contributed by atoms with van der Waals surface area (Å²) < 4.78 is 71.3. The zero-order chi connectivity index (χ0) is 31.0. The van der Waals surface area contributed by atoms with Gasteiger partial charge in [-0.15, -0.1) is 5.10 Å². The maximum atomic E-state index is 11.5. The summed E-state index contributed by atoms with van der Waals surface area (Å²) in [6.45, 7) is 9.75. The number of carboxylic acids is 2. The number of halogens is 6. The van der Waals surface area contributed by atoms with Gasteiger partial charge in [0, 0.05) is 32.7 Å². The third-order valence-corrected chi connectivity index (χ3v) is 6.07. The number of piperidine rings is 1. The molecule has 0 atom stereocenters. The van der Waals surface area contributed by atoms with Crippen LogP contribution >= 0.6 is 0 Å². The number of amides is 1. The Kier molecular flexibility index (Phi) is 11.7. The molecule has 0 aromatic carbocycles. The van der Waals surface area contributed by atoms with E-state index in [4.69, 9.17) is 24.2 Å². The number of hydrogen-bond acceptors (Lipinski definition) is 8. The fourth-order valence-corrected chi connectivity index (χ4v) is 3.91. The fraction of sp³-hybridized carbons (Fsp3) is 0.609. The molecule has 1 amide bonds. The molecular formula is C23H30F6N6O6. The maximum absolute atomic E-state index is 11.5. The summed E-state index contributed by atoms with van der Waals surface area (Å²) in [5, 5.41) is 25.8. The number of aromatic nitrogens is 3. The average Bonchev–Trinajstić information content (AvgIpc) is 3.45. The first-order valence-corrected chi connectivity index (χ1v) is 12.2. The molecule has 0 radical (unpaired) electrons. The Bertz CT molecular complexity index is 1130. The summed E-state index contributed by atoms with van der Waals surface area (Å²) in [5.41, 5.74) is 2.16.